The standard InChI is InChI=1S/C41H44F4N8O5S.ClH/c1-25-23-50(15-16-51(25)24-36(55)48-29-6-4-5-28(20-29)47-33-10-12-35(54)49-37(33)56)17-18-58-34-11-9-31(19-26(34)13-14-42)53-39(59)52(38(57)40(53,2)3)30-8-7-27(22-46)32(21-30)41(43,44)45;/h4-9,11,19-21,25,33,47H,10,12-18,23-24H2,1-3H3,(H,48,55)(H,49,54,56);1H. The lowest BCUT2D eigenvalue weighted by Crippen LogP contribution is -2.54. The number of nitrogens with one attached hydrogen (secondary N) is 3. The molecular weight excluding hydrogens is 828 g/mol. The van der Waals surface area contributed by atoms with Crippen LogP contribution < -0.4 is 30.5 Å². The molecule has 0 saturated carbocycles. The zero-order chi connectivity index (χ0) is 42.6. The summed E-state index contributed by atoms with van der Waals surface area (Å²) >= 11 is 5.67. The SMILES string of the molecule is CC1CN(CCOc2ccc(N3C(=S)N(c4ccc(C#N)c(C(F)(F)F)c4)C(=O)C3(C)C)cc2CCF)CCN1CC(=O)Nc1cccc(NC2CCC(=O)NC2=O)c1.Cl. The Labute approximate surface area is 356 Å². The van der Waals surface area contributed by atoms with Crippen LogP contribution in [-0.2, 0) is 31.8 Å². The fraction of sp³-hybridized carbons (Fsp3) is 0.415. The highest BCUT2D eigenvalue weighted by Crippen LogP contribution is 2.40. The molecule has 3 heterocycles. The molecule has 13 nitrogen and oxygen atoms in total. The normalized spacial score (nSPS) is 19.7. The average Bonchev–Trinajstić information content (AvgIpc) is 3.35. The number of rotatable bonds is 13. The molecule has 3 aliphatic heterocycles. The van der Waals surface area contributed by atoms with Gasteiger partial charge in [0.25, 0.3) is 5.91 Å². The summed E-state index contributed by atoms with van der Waals surface area (Å²) in [6, 6.07) is 16.1. The van der Waals surface area contributed by atoms with Crippen molar-refractivity contribution in [1.82, 2.24) is 15.1 Å². The number of piperazine rings is 1. The third kappa shape index (κ3) is 10.1. The number of anilines is 4. The third-order valence-electron chi connectivity index (χ3n) is 10.6. The van der Waals surface area contributed by atoms with E-state index in [-0.39, 0.29) is 73.0 Å². The van der Waals surface area contributed by atoms with Gasteiger partial charge in [-0.3, -0.25) is 43.6 Å². The summed E-state index contributed by atoms with van der Waals surface area (Å²) in [5.74, 6) is -0.993. The largest absolute Gasteiger partial charge is 0.492 e. The Morgan fingerprint density at radius 3 is 2.47 bits per heavy atom. The van der Waals surface area contributed by atoms with Crippen molar-refractivity contribution in [2.45, 2.75) is 63.8 Å². The minimum absolute atomic E-state index is 0. The Kier molecular flexibility index (Phi) is 14.4. The first-order valence-corrected chi connectivity index (χ1v) is 19.5. The van der Waals surface area contributed by atoms with Crippen LogP contribution in [0.15, 0.2) is 60.7 Å². The van der Waals surface area contributed by atoms with E-state index in [1.54, 1.807) is 56.3 Å². The second-order valence-corrected chi connectivity index (χ2v) is 15.5. The minimum Gasteiger partial charge on any atom is -0.492 e. The Morgan fingerprint density at radius 2 is 1.78 bits per heavy atom. The quantitative estimate of drug-likeness (QED) is 0.111. The fourth-order valence-corrected chi connectivity index (χ4v) is 8.02. The van der Waals surface area contributed by atoms with Gasteiger partial charge in [-0.15, -0.1) is 12.4 Å². The van der Waals surface area contributed by atoms with Gasteiger partial charge in [-0.05, 0) is 99.6 Å². The van der Waals surface area contributed by atoms with E-state index in [4.69, 9.17) is 17.0 Å². The molecule has 4 amide bonds. The number of thiocarbonyl (C=S) groups is 1. The highest BCUT2D eigenvalue weighted by molar-refractivity contribution is 7.81. The van der Waals surface area contributed by atoms with Crippen LogP contribution in [0.4, 0.5) is 40.3 Å². The van der Waals surface area contributed by atoms with E-state index in [2.05, 4.69) is 25.8 Å². The van der Waals surface area contributed by atoms with Crippen LogP contribution in [0.2, 0.25) is 0 Å². The number of ether oxygens (including phenoxy) is 1. The van der Waals surface area contributed by atoms with E-state index in [1.165, 1.54) is 17.0 Å². The van der Waals surface area contributed by atoms with Crippen molar-refractivity contribution in [2.75, 3.05) is 66.4 Å². The number of amides is 4. The zero-order valence-corrected chi connectivity index (χ0v) is 34.7. The lowest BCUT2D eigenvalue weighted by Gasteiger charge is -2.39. The maximum atomic E-state index is 13.8. The molecule has 3 saturated heterocycles. The molecule has 0 aromatic heterocycles. The van der Waals surface area contributed by atoms with E-state index in [1.807, 2.05) is 6.92 Å². The molecule has 3 aromatic carbocycles. The van der Waals surface area contributed by atoms with Crippen LogP contribution in [0.25, 0.3) is 0 Å². The Balaban J connectivity index is 0.00000683. The predicted molar refractivity (Wildman–Crippen MR) is 224 cm³/mol. The first-order chi connectivity index (χ1) is 28.0. The van der Waals surface area contributed by atoms with Gasteiger partial charge in [-0.2, -0.15) is 18.4 Å². The van der Waals surface area contributed by atoms with E-state index >= 15 is 0 Å². The summed E-state index contributed by atoms with van der Waals surface area (Å²) in [6.45, 7) is 7.54. The number of aryl methyl sites for hydroxylation is 1. The molecule has 3 fully saturated rings. The van der Waals surface area contributed by atoms with Crippen molar-refractivity contribution in [1.29, 1.82) is 5.26 Å². The van der Waals surface area contributed by atoms with E-state index < -0.39 is 41.5 Å². The molecule has 0 spiro atoms. The van der Waals surface area contributed by atoms with E-state index in [9.17, 15) is 42.0 Å². The smallest absolute Gasteiger partial charge is 0.417 e. The Morgan fingerprint density at radius 1 is 1.05 bits per heavy atom. The van der Waals surface area contributed by atoms with Gasteiger partial charge in [0.15, 0.2) is 5.11 Å². The highest BCUT2D eigenvalue weighted by Gasteiger charge is 2.51. The summed E-state index contributed by atoms with van der Waals surface area (Å²) in [5, 5.41) is 17.5. The molecule has 3 aliphatic rings. The molecule has 2 unspecified atom stereocenters. The predicted octanol–water partition coefficient (Wildman–Crippen LogP) is 5.67. The van der Waals surface area contributed by atoms with Crippen LogP contribution in [0.1, 0.15) is 50.3 Å². The average molecular weight is 873 g/mol. The van der Waals surface area contributed by atoms with Crippen LogP contribution in [-0.4, -0.2) is 102 Å². The number of nitriles is 1. The lowest BCUT2D eigenvalue weighted by atomic mass is 10.0. The van der Waals surface area contributed by atoms with Gasteiger partial charge in [-0.25, -0.2) is 0 Å². The maximum absolute atomic E-state index is 13.8. The molecule has 0 radical (unpaired) electrons. The molecular formula is C41H45ClF4N8O5S. The number of halogens is 5. The maximum Gasteiger partial charge on any atom is 0.417 e. The van der Waals surface area contributed by atoms with Gasteiger partial charge in [0.05, 0.1) is 36.1 Å². The van der Waals surface area contributed by atoms with Crippen LogP contribution in [0.3, 0.4) is 0 Å². The van der Waals surface area contributed by atoms with Crippen molar-refractivity contribution in [3.63, 3.8) is 0 Å². The molecule has 2 atom stereocenters. The third-order valence-corrected chi connectivity index (χ3v) is 11.0. The van der Waals surface area contributed by atoms with Crippen molar-refractivity contribution >= 4 is 76.1 Å². The van der Waals surface area contributed by atoms with Gasteiger partial charge in [0.2, 0.25) is 17.7 Å². The zero-order valence-electron chi connectivity index (χ0n) is 33.1. The number of carbonyl (C=O) groups excluding carboxylic acids is 4. The van der Waals surface area contributed by atoms with Gasteiger partial charge in [0, 0.05) is 62.1 Å². The second kappa shape index (κ2) is 18.9. The Hall–Kier alpha value is -5.35. The molecule has 3 N–H and O–H groups in total. The second-order valence-electron chi connectivity index (χ2n) is 15.1. The number of benzene rings is 3. The lowest BCUT2D eigenvalue weighted by molar-refractivity contribution is -0.138. The highest BCUT2D eigenvalue weighted by atomic mass is 35.5. The molecule has 6 rings (SSSR count). The van der Waals surface area contributed by atoms with Crippen LogP contribution in [0.5, 0.6) is 5.75 Å². The van der Waals surface area contributed by atoms with Crippen molar-refractivity contribution in [3.8, 4) is 11.8 Å². The number of alkyl halides is 4. The van der Waals surface area contributed by atoms with Crippen molar-refractivity contribution in [2.24, 2.45) is 0 Å². The fourth-order valence-electron chi connectivity index (χ4n) is 7.50. The number of piperidine rings is 1. The molecule has 3 aromatic rings. The number of carbonyl (C=O) groups is 4. The molecule has 60 heavy (non-hydrogen) atoms. The van der Waals surface area contributed by atoms with Crippen LogP contribution in [0, 0.1) is 11.3 Å². The van der Waals surface area contributed by atoms with Gasteiger partial charge < -0.3 is 20.3 Å². The summed E-state index contributed by atoms with van der Waals surface area (Å²) < 4.78 is 61.3. The van der Waals surface area contributed by atoms with E-state index in [0.717, 1.165) is 17.0 Å². The summed E-state index contributed by atoms with van der Waals surface area (Å²) in [5.41, 5.74) is -1.04. The number of imide groups is 1. The summed E-state index contributed by atoms with van der Waals surface area (Å²) in [7, 11) is 0. The van der Waals surface area contributed by atoms with E-state index in [0.29, 0.717) is 61.0 Å². The molecule has 320 valence electrons. The number of nitrogens with zero attached hydrogens (tertiary/aromatic N) is 5. The van der Waals surface area contributed by atoms with Crippen molar-refractivity contribution < 1.29 is 41.5 Å². The minimum atomic E-state index is -4.83. The summed E-state index contributed by atoms with van der Waals surface area (Å²) in [6.07, 6.45) is -4.19. The first-order valence-electron chi connectivity index (χ1n) is 19.1. The number of hydrogen-bond donors (Lipinski definition) is 3. The summed E-state index contributed by atoms with van der Waals surface area (Å²) in [4.78, 5) is 57.1. The number of hydrogen-bond acceptors (Lipinski definition) is 10. The molecule has 0 bridgehead atoms. The van der Waals surface area contributed by atoms with Crippen molar-refractivity contribution in [3.05, 3.63) is 77.4 Å². The topological polar surface area (TPSA) is 150 Å². The monoisotopic (exact) mass is 872 g/mol. The Bertz CT molecular complexity index is 2190. The van der Waals surface area contributed by atoms with Gasteiger partial charge >= 0.3 is 6.18 Å². The molecule has 0 aliphatic carbocycles. The molecule has 19 heteroatoms. The first kappa shape index (κ1) is 45.7. The van der Waals surface area contributed by atoms with Crippen LogP contribution >= 0.6 is 24.6 Å². The van der Waals surface area contributed by atoms with Gasteiger partial charge in [0.1, 0.15) is 23.9 Å². The van der Waals surface area contributed by atoms with Gasteiger partial charge in [-0.1, -0.05) is 6.07 Å².